The van der Waals surface area contributed by atoms with E-state index < -0.39 is 10.0 Å². The molecule has 0 amide bonds. The molecular weight excluding hydrogens is 307 g/mol. The van der Waals surface area contributed by atoms with Gasteiger partial charge in [0.05, 0.1) is 4.90 Å². The van der Waals surface area contributed by atoms with Gasteiger partial charge < -0.3 is 5.32 Å². The van der Waals surface area contributed by atoms with E-state index in [-0.39, 0.29) is 17.3 Å². The number of aryl methyl sites for hydroxylation is 1. The van der Waals surface area contributed by atoms with Gasteiger partial charge in [0.2, 0.25) is 10.0 Å². The van der Waals surface area contributed by atoms with E-state index in [9.17, 15) is 8.42 Å². The second kappa shape index (κ2) is 6.90. The van der Waals surface area contributed by atoms with Gasteiger partial charge in [0, 0.05) is 11.6 Å². The fourth-order valence-corrected chi connectivity index (χ4v) is 3.68. The van der Waals surface area contributed by atoms with Crippen LogP contribution in [0.4, 0.5) is 0 Å². The van der Waals surface area contributed by atoms with E-state index in [0.717, 1.165) is 19.5 Å². The second-order valence-corrected chi connectivity index (χ2v) is 6.79. The standard InChI is InChI=1S/C12H17ClN2O2S.ClH/c1-9-2-3-11(13)6-12(9)18(16,17)15-8-10-4-5-14-7-10;/h2-3,6,10,14-15H,4-5,7-8H2,1H3;1H. The molecule has 1 saturated heterocycles. The minimum absolute atomic E-state index is 0. The Morgan fingerprint density at radius 2 is 2.21 bits per heavy atom. The smallest absolute Gasteiger partial charge is 0.240 e. The summed E-state index contributed by atoms with van der Waals surface area (Å²) >= 11 is 5.85. The van der Waals surface area contributed by atoms with Crippen molar-refractivity contribution in [3.8, 4) is 0 Å². The third-order valence-electron chi connectivity index (χ3n) is 3.16. The molecule has 1 atom stereocenters. The average Bonchev–Trinajstić information content (AvgIpc) is 2.83. The zero-order valence-corrected chi connectivity index (χ0v) is 13.0. The van der Waals surface area contributed by atoms with Crippen molar-refractivity contribution >= 4 is 34.0 Å². The van der Waals surface area contributed by atoms with Crippen LogP contribution in [0.3, 0.4) is 0 Å². The number of hydrogen-bond donors (Lipinski definition) is 2. The molecule has 108 valence electrons. The first-order valence-electron chi connectivity index (χ1n) is 5.95. The van der Waals surface area contributed by atoms with E-state index in [1.165, 1.54) is 6.07 Å². The summed E-state index contributed by atoms with van der Waals surface area (Å²) in [5.74, 6) is 0.374. The first-order chi connectivity index (χ1) is 8.49. The first-order valence-corrected chi connectivity index (χ1v) is 7.82. The molecule has 2 N–H and O–H groups in total. The fourth-order valence-electron chi connectivity index (χ4n) is 2.06. The summed E-state index contributed by atoms with van der Waals surface area (Å²) in [6.07, 6.45) is 1.01. The summed E-state index contributed by atoms with van der Waals surface area (Å²) in [6, 6.07) is 4.90. The summed E-state index contributed by atoms with van der Waals surface area (Å²) in [5, 5.41) is 3.65. The Balaban J connectivity index is 0.00000180. The molecular formula is C12H18Cl2N2O2S. The number of nitrogens with one attached hydrogen (secondary N) is 2. The highest BCUT2D eigenvalue weighted by Crippen LogP contribution is 2.20. The molecule has 1 unspecified atom stereocenters. The first kappa shape index (κ1) is 16.7. The zero-order valence-electron chi connectivity index (χ0n) is 10.6. The van der Waals surface area contributed by atoms with E-state index in [2.05, 4.69) is 10.0 Å². The molecule has 1 aromatic carbocycles. The number of halogens is 2. The Morgan fingerprint density at radius 1 is 1.47 bits per heavy atom. The normalized spacial score (nSPS) is 19.2. The zero-order chi connectivity index (χ0) is 13.2. The summed E-state index contributed by atoms with van der Waals surface area (Å²) in [7, 11) is -3.46. The Hall–Kier alpha value is -0.330. The Labute approximate surface area is 125 Å². The third kappa shape index (κ3) is 4.33. The molecule has 1 aromatic rings. The Kier molecular flexibility index (Phi) is 6.08. The molecule has 1 aliphatic rings. The van der Waals surface area contributed by atoms with Crippen LogP contribution in [0.5, 0.6) is 0 Å². The van der Waals surface area contributed by atoms with Crippen LogP contribution in [0.15, 0.2) is 23.1 Å². The van der Waals surface area contributed by atoms with Crippen molar-refractivity contribution in [1.82, 2.24) is 10.0 Å². The second-order valence-electron chi connectivity index (χ2n) is 4.62. The molecule has 19 heavy (non-hydrogen) atoms. The van der Waals surface area contributed by atoms with Crippen LogP contribution in [0.2, 0.25) is 5.02 Å². The predicted molar refractivity (Wildman–Crippen MR) is 79.6 cm³/mol. The van der Waals surface area contributed by atoms with Gasteiger partial charge >= 0.3 is 0 Å². The number of rotatable bonds is 4. The molecule has 0 spiro atoms. The number of benzene rings is 1. The Morgan fingerprint density at radius 3 is 2.84 bits per heavy atom. The van der Waals surface area contributed by atoms with Crippen LogP contribution in [-0.4, -0.2) is 28.1 Å². The lowest BCUT2D eigenvalue weighted by atomic mass is 10.1. The van der Waals surface area contributed by atoms with Crippen molar-refractivity contribution in [3.05, 3.63) is 28.8 Å². The summed E-state index contributed by atoms with van der Waals surface area (Å²) in [5.41, 5.74) is 0.705. The van der Waals surface area contributed by atoms with Gasteiger partial charge in [-0.15, -0.1) is 12.4 Å². The maximum absolute atomic E-state index is 12.2. The molecule has 1 aliphatic heterocycles. The molecule has 0 aromatic heterocycles. The number of hydrogen-bond acceptors (Lipinski definition) is 3. The number of sulfonamides is 1. The van der Waals surface area contributed by atoms with Gasteiger partial charge in [-0.2, -0.15) is 0 Å². The van der Waals surface area contributed by atoms with Crippen molar-refractivity contribution < 1.29 is 8.42 Å². The van der Waals surface area contributed by atoms with Gasteiger partial charge in [-0.3, -0.25) is 0 Å². The third-order valence-corrected chi connectivity index (χ3v) is 4.96. The van der Waals surface area contributed by atoms with E-state index in [1.807, 2.05) is 0 Å². The largest absolute Gasteiger partial charge is 0.316 e. The van der Waals surface area contributed by atoms with Crippen molar-refractivity contribution in [1.29, 1.82) is 0 Å². The maximum atomic E-state index is 12.2. The molecule has 1 heterocycles. The van der Waals surface area contributed by atoms with Gasteiger partial charge in [-0.05, 0) is 50.0 Å². The monoisotopic (exact) mass is 324 g/mol. The van der Waals surface area contributed by atoms with Crippen LogP contribution < -0.4 is 10.0 Å². The highest BCUT2D eigenvalue weighted by atomic mass is 35.5. The topological polar surface area (TPSA) is 58.2 Å². The minimum atomic E-state index is -3.46. The lowest BCUT2D eigenvalue weighted by molar-refractivity contribution is 0.538. The quantitative estimate of drug-likeness (QED) is 0.890. The maximum Gasteiger partial charge on any atom is 0.240 e. The van der Waals surface area contributed by atoms with Crippen molar-refractivity contribution in [2.24, 2.45) is 5.92 Å². The van der Waals surface area contributed by atoms with Crippen LogP contribution in [0, 0.1) is 12.8 Å². The summed E-state index contributed by atoms with van der Waals surface area (Å²) in [6.45, 7) is 4.07. The highest BCUT2D eigenvalue weighted by molar-refractivity contribution is 7.89. The minimum Gasteiger partial charge on any atom is -0.316 e. The van der Waals surface area contributed by atoms with Crippen LogP contribution >= 0.6 is 24.0 Å². The van der Waals surface area contributed by atoms with Crippen molar-refractivity contribution in [2.45, 2.75) is 18.2 Å². The van der Waals surface area contributed by atoms with Crippen molar-refractivity contribution in [3.63, 3.8) is 0 Å². The van der Waals surface area contributed by atoms with E-state index in [1.54, 1.807) is 19.1 Å². The van der Waals surface area contributed by atoms with Gasteiger partial charge in [-0.1, -0.05) is 17.7 Å². The Bertz CT molecular complexity index is 529. The van der Waals surface area contributed by atoms with E-state index in [4.69, 9.17) is 11.6 Å². The molecule has 0 aliphatic carbocycles. The highest BCUT2D eigenvalue weighted by Gasteiger charge is 2.21. The van der Waals surface area contributed by atoms with E-state index >= 15 is 0 Å². The predicted octanol–water partition coefficient (Wildman–Crippen LogP) is 1.96. The molecule has 2 rings (SSSR count). The molecule has 0 bridgehead atoms. The lowest BCUT2D eigenvalue weighted by Crippen LogP contribution is -2.30. The van der Waals surface area contributed by atoms with Gasteiger partial charge in [-0.25, -0.2) is 13.1 Å². The van der Waals surface area contributed by atoms with Gasteiger partial charge in [0.15, 0.2) is 0 Å². The van der Waals surface area contributed by atoms with Crippen LogP contribution in [0.1, 0.15) is 12.0 Å². The molecule has 1 fully saturated rings. The molecule has 7 heteroatoms. The lowest BCUT2D eigenvalue weighted by Gasteiger charge is -2.12. The molecule has 0 radical (unpaired) electrons. The van der Waals surface area contributed by atoms with Crippen LogP contribution in [-0.2, 0) is 10.0 Å². The van der Waals surface area contributed by atoms with E-state index in [0.29, 0.717) is 23.0 Å². The SMILES string of the molecule is Cc1ccc(Cl)cc1S(=O)(=O)NCC1CCNC1.Cl. The summed E-state index contributed by atoms with van der Waals surface area (Å²) < 4.78 is 27.0. The summed E-state index contributed by atoms with van der Waals surface area (Å²) in [4.78, 5) is 0.265. The van der Waals surface area contributed by atoms with Gasteiger partial charge in [0.1, 0.15) is 0 Å². The fraction of sp³-hybridized carbons (Fsp3) is 0.500. The van der Waals surface area contributed by atoms with Gasteiger partial charge in [0.25, 0.3) is 0 Å². The molecule has 4 nitrogen and oxygen atoms in total. The van der Waals surface area contributed by atoms with Crippen LogP contribution in [0.25, 0.3) is 0 Å². The van der Waals surface area contributed by atoms with Crippen molar-refractivity contribution in [2.75, 3.05) is 19.6 Å². The molecule has 0 saturated carbocycles. The average molecular weight is 325 g/mol.